The first kappa shape index (κ1) is 39.8. The topological polar surface area (TPSA) is 176 Å². The molecule has 12 nitrogen and oxygen atoms in total. The van der Waals surface area contributed by atoms with Crippen LogP contribution in [0.5, 0.6) is 0 Å². The highest BCUT2D eigenvalue weighted by atomic mass is 16.6. The first-order valence-corrected chi connectivity index (χ1v) is 14.7. The lowest BCUT2D eigenvalue weighted by atomic mass is 9.89. The Bertz CT molecular complexity index is 1420. The van der Waals surface area contributed by atoms with E-state index in [2.05, 4.69) is 35.7 Å². The fourth-order valence-corrected chi connectivity index (χ4v) is 4.01. The van der Waals surface area contributed by atoms with E-state index in [-0.39, 0.29) is 25.7 Å². The standard InChI is InChI=1S/C17H21N3O2.C13H11N5O.C4H10O.CH4/c1-17(2,3)22-16(21)18-12-15(13-7-5-4-6-8-13)14-9-10-19-20-11-14;14-18-17-13(19)8-12(10-4-2-1-3-5-10)11-6-7-15-16-9-11;1-4(2,3)5;/h4-11,15H,12H2,1-3H3,(H,18,21);1-7,9,12H,8H2;5H,1-3H3;1H4. The van der Waals surface area contributed by atoms with Crippen LogP contribution in [0.3, 0.4) is 0 Å². The summed E-state index contributed by atoms with van der Waals surface area (Å²) >= 11 is 0. The Kier molecular flexibility index (Phi) is 17.0. The zero-order valence-corrected chi connectivity index (χ0v) is 27.1. The van der Waals surface area contributed by atoms with Gasteiger partial charge in [-0.25, -0.2) is 4.79 Å². The molecule has 4 aromatic rings. The van der Waals surface area contributed by atoms with E-state index in [1.54, 1.807) is 51.6 Å². The highest BCUT2D eigenvalue weighted by Gasteiger charge is 2.20. The Hall–Kier alpha value is -5.19. The number of amides is 2. The van der Waals surface area contributed by atoms with Crippen molar-refractivity contribution < 1.29 is 19.4 Å². The van der Waals surface area contributed by atoms with Crippen molar-refractivity contribution in [3.63, 3.8) is 0 Å². The molecule has 47 heavy (non-hydrogen) atoms. The predicted molar refractivity (Wildman–Crippen MR) is 182 cm³/mol. The minimum atomic E-state index is -0.509. The van der Waals surface area contributed by atoms with Crippen LogP contribution in [0, 0.1) is 0 Å². The molecule has 12 heteroatoms. The quantitative estimate of drug-likeness (QED) is 0.114. The van der Waals surface area contributed by atoms with Gasteiger partial charge in [-0.2, -0.15) is 20.4 Å². The van der Waals surface area contributed by atoms with Crippen LogP contribution in [0.25, 0.3) is 10.4 Å². The zero-order chi connectivity index (χ0) is 34.0. The Morgan fingerprint density at radius 1 is 0.787 bits per heavy atom. The van der Waals surface area contributed by atoms with Gasteiger partial charge in [0, 0.05) is 42.1 Å². The average Bonchev–Trinajstić information content (AvgIpc) is 3.01. The fourth-order valence-electron chi connectivity index (χ4n) is 4.01. The van der Waals surface area contributed by atoms with Crippen LogP contribution in [0.1, 0.15) is 89.5 Å². The summed E-state index contributed by atoms with van der Waals surface area (Å²) in [6, 6.07) is 23.2. The number of aromatic nitrogens is 4. The summed E-state index contributed by atoms with van der Waals surface area (Å²) in [7, 11) is 0. The lowest BCUT2D eigenvalue weighted by Gasteiger charge is -2.22. The van der Waals surface area contributed by atoms with Gasteiger partial charge in [0.05, 0.1) is 18.0 Å². The molecule has 2 N–H and O–H groups in total. The predicted octanol–water partition coefficient (Wildman–Crippen LogP) is 7.38. The molecule has 2 unspecified atom stereocenters. The number of carbonyl (C=O) groups excluding carboxylic acids is 2. The molecule has 2 amide bonds. The maximum absolute atomic E-state index is 11.9. The molecule has 0 aliphatic rings. The normalized spacial score (nSPS) is 11.7. The van der Waals surface area contributed by atoms with Gasteiger partial charge in [0.25, 0.3) is 0 Å². The molecule has 0 radical (unpaired) electrons. The molecule has 0 saturated carbocycles. The molecule has 2 atom stereocenters. The van der Waals surface area contributed by atoms with Gasteiger partial charge in [-0.1, -0.05) is 68.1 Å². The van der Waals surface area contributed by atoms with E-state index in [9.17, 15) is 9.59 Å². The van der Waals surface area contributed by atoms with Gasteiger partial charge in [0.2, 0.25) is 5.91 Å². The summed E-state index contributed by atoms with van der Waals surface area (Å²) in [5, 5.41) is 29.7. The number of nitrogens with zero attached hydrogens (tertiary/aromatic N) is 7. The fraction of sp³-hybridized carbons (Fsp3) is 0.371. The van der Waals surface area contributed by atoms with Gasteiger partial charge in [-0.3, -0.25) is 4.79 Å². The van der Waals surface area contributed by atoms with Crippen LogP contribution in [-0.2, 0) is 9.53 Å². The molecular weight excluding hydrogens is 596 g/mol. The van der Waals surface area contributed by atoms with Crippen LogP contribution in [-0.4, -0.2) is 55.2 Å². The van der Waals surface area contributed by atoms with Crippen molar-refractivity contribution in [2.75, 3.05) is 6.54 Å². The minimum Gasteiger partial charge on any atom is -0.444 e. The second-order valence-corrected chi connectivity index (χ2v) is 12.1. The van der Waals surface area contributed by atoms with Crippen LogP contribution in [0.4, 0.5) is 4.79 Å². The van der Waals surface area contributed by atoms with Crippen molar-refractivity contribution in [3.8, 4) is 0 Å². The summed E-state index contributed by atoms with van der Waals surface area (Å²) in [5.41, 5.74) is 11.2. The van der Waals surface area contributed by atoms with Gasteiger partial charge >= 0.3 is 6.09 Å². The molecule has 0 bridgehead atoms. The molecule has 0 saturated heterocycles. The van der Waals surface area contributed by atoms with Crippen molar-refractivity contribution in [3.05, 3.63) is 130 Å². The Labute approximate surface area is 277 Å². The average molecular weight is 643 g/mol. The summed E-state index contributed by atoms with van der Waals surface area (Å²) in [5.74, 6) is -0.674. The molecule has 0 fully saturated rings. The number of carbonyl (C=O) groups is 2. The molecular formula is C35H46N8O4. The lowest BCUT2D eigenvalue weighted by molar-refractivity contribution is -0.118. The largest absolute Gasteiger partial charge is 0.444 e. The van der Waals surface area contributed by atoms with E-state index < -0.39 is 23.2 Å². The number of nitrogens with one attached hydrogen (secondary N) is 1. The number of azide groups is 1. The van der Waals surface area contributed by atoms with Crippen LogP contribution in [0.2, 0.25) is 0 Å². The number of alkyl carbamates (subject to hydrolysis) is 1. The molecule has 2 aromatic heterocycles. The number of ether oxygens (including phenoxy) is 1. The number of hydrogen-bond donors (Lipinski definition) is 2. The van der Waals surface area contributed by atoms with E-state index in [0.29, 0.717) is 6.54 Å². The van der Waals surface area contributed by atoms with Crippen molar-refractivity contribution in [2.24, 2.45) is 5.11 Å². The molecule has 0 spiro atoms. The second kappa shape index (κ2) is 20.0. The molecule has 2 heterocycles. The summed E-state index contributed by atoms with van der Waals surface area (Å²) < 4.78 is 5.28. The maximum Gasteiger partial charge on any atom is 0.407 e. The summed E-state index contributed by atoms with van der Waals surface area (Å²) in [4.78, 5) is 25.9. The maximum atomic E-state index is 11.9. The molecule has 250 valence electrons. The van der Waals surface area contributed by atoms with E-state index in [1.807, 2.05) is 87.5 Å². The number of aliphatic hydroxyl groups is 1. The number of rotatable bonds is 8. The Morgan fingerprint density at radius 2 is 1.23 bits per heavy atom. The van der Waals surface area contributed by atoms with Crippen LogP contribution >= 0.6 is 0 Å². The second-order valence-electron chi connectivity index (χ2n) is 12.1. The first-order chi connectivity index (χ1) is 21.8. The monoisotopic (exact) mass is 642 g/mol. The van der Waals surface area contributed by atoms with Crippen molar-refractivity contribution in [2.45, 2.75) is 78.4 Å². The summed E-state index contributed by atoms with van der Waals surface area (Å²) in [6.45, 7) is 11.2. The van der Waals surface area contributed by atoms with E-state index in [1.165, 1.54) is 0 Å². The minimum absolute atomic E-state index is 0. The van der Waals surface area contributed by atoms with E-state index in [0.717, 1.165) is 22.3 Å². The number of hydrogen-bond acceptors (Lipinski definition) is 8. The Balaban J connectivity index is 0.000000406. The first-order valence-electron chi connectivity index (χ1n) is 14.7. The van der Waals surface area contributed by atoms with Crippen LogP contribution in [0.15, 0.2) is 103 Å². The highest BCUT2D eigenvalue weighted by molar-refractivity contribution is 5.78. The van der Waals surface area contributed by atoms with Crippen LogP contribution < -0.4 is 5.32 Å². The SMILES string of the molecule is C.CC(C)(C)O.CC(C)(C)OC(=O)NCC(c1ccccc1)c1ccnnc1.[N-]=[N+]=NC(=O)CC(c1ccccc1)c1ccnnc1. The lowest BCUT2D eigenvalue weighted by Crippen LogP contribution is -2.35. The highest BCUT2D eigenvalue weighted by Crippen LogP contribution is 2.27. The smallest absolute Gasteiger partial charge is 0.407 e. The molecule has 2 aromatic carbocycles. The van der Waals surface area contributed by atoms with Gasteiger partial charge in [-0.05, 0) is 86.6 Å². The van der Waals surface area contributed by atoms with Crippen molar-refractivity contribution >= 4 is 12.0 Å². The van der Waals surface area contributed by atoms with Gasteiger partial charge in [0.1, 0.15) is 5.60 Å². The van der Waals surface area contributed by atoms with Crippen molar-refractivity contribution in [1.82, 2.24) is 25.7 Å². The van der Waals surface area contributed by atoms with Gasteiger partial charge in [0.15, 0.2) is 0 Å². The summed E-state index contributed by atoms with van der Waals surface area (Å²) in [6.07, 6.45) is 6.24. The van der Waals surface area contributed by atoms with E-state index in [4.69, 9.17) is 15.4 Å². The van der Waals surface area contributed by atoms with Gasteiger partial charge in [-0.15, -0.1) is 0 Å². The molecule has 0 aliphatic heterocycles. The third-order valence-electron chi connectivity index (χ3n) is 5.81. The van der Waals surface area contributed by atoms with E-state index >= 15 is 0 Å². The van der Waals surface area contributed by atoms with Gasteiger partial charge < -0.3 is 15.2 Å². The Morgan fingerprint density at radius 3 is 1.64 bits per heavy atom. The third kappa shape index (κ3) is 17.2. The van der Waals surface area contributed by atoms with Crippen molar-refractivity contribution in [1.29, 1.82) is 0 Å². The molecule has 0 aliphatic carbocycles. The zero-order valence-electron chi connectivity index (χ0n) is 27.1. The third-order valence-corrected chi connectivity index (χ3v) is 5.81. The number of benzene rings is 2. The molecule has 4 rings (SSSR count).